The van der Waals surface area contributed by atoms with Crippen LogP contribution in [0.15, 0.2) is 79.5 Å². The van der Waals surface area contributed by atoms with E-state index in [0.717, 1.165) is 22.3 Å². The zero-order valence-corrected chi connectivity index (χ0v) is 13.6. The summed E-state index contributed by atoms with van der Waals surface area (Å²) >= 11 is 0. The molecule has 0 saturated heterocycles. The standard InChI is InChI=1S/C21H24O/c1-6-8-13-18(7-2)20-15-10-14-19(21(20)22)17(5)12-9-11-16(3)4/h6-15,22H,2,5H2,1,3-4H3/b8-6-,12-9-,18-13+. The van der Waals surface area contributed by atoms with E-state index >= 15 is 0 Å². The maximum absolute atomic E-state index is 10.5. The number of phenolic OH excluding ortho intramolecular Hbond substituents is 1. The number of hydrogen-bond acceptors (Lipinski definition) is 1. The maximum Gasteiger partial charge on any atom is 0.131 e. The number of phenols is 1. The first-order chi connectivity index (χ1) is 10.5. The zero-order valence-electron chi connectivity index (χ0n) is 13.6. The van der Waals surface area contributed by atoms with E-state index < -0.39 is 0 Å². The molecule has 0 aliphatic carbocycles. The van der Waals surface area contributed by atoms with Crippen molar-refractivity contribution in [2.24, 2.45) is 0 Å². The van der Waals surface area contributed by atoms with Crippen molar-refractivity contribution in [3.05, 3.63) is 90.6 Å². The summed E-state index contributed by atoms with van der Waals surface area (Å²) < 4.78 is 0. The van der Waals surface area contributed by atoms with E-state index in [-0.39, 0.29) is 5.75 Å². The monoisotopic (exact) mass is 292 g/mol. The summed E-state index contributed by atoms with van der Waals surface area (Å²) in [7, 11) is 0. The molecule has 0 saturated carbocycles. The summed E-state index contributed by atoms with van der Waals surface area (Å²) in [6.45, 7) is 13.9. The second-order valence-corrected chi connectivity index (χ2v) is 5.18. The highest BCUT2D eigenvalue weighted by Crippen LogP contribution is 2.33. The number of aromatic hydroxyl groups is 1. The van der Waals surface area contributed by atoms with Gasteiger partial charge in [-0.15, -0.1) is 0 Å². The molecule has 1 aromatic carbocycles. The van der Waals surface area contributed by atoms with Gasteiger partial charge in [-0.3, -0.25) is 0 Å². The first-order valence-corrected chi connectivity index (χ1v) is 7.29. The summed E-state index contributed by atoms with van der Waals surface area (Å²) in [6.07, 6.45) is 13.4. The fourth-order valence-electron chi connectivity index (χ4n) is 1.95. The molecule has 0 bridgehead atoms. The molecule has 0 fully saturated rings. The number of rotatable bonds is 6. The van der Waals surface area contributed by atoms with Crippen molar-refractivity contribution in [3.63, 3.8) is 0 Å². The van der Waals surface area contributed by atoms with Gasteiger partial charge in [0.25, 0.3) is 0 Å². The SMILES string of the molecule is C=C/C(=C\C=C/C)c1cccc(C(=C)/C=C\C=C(C)C)c1O. The van der Waals surface area contributed by atoms with Crippen LogP contribution in [0.2, 0.25) is 0 Å². The molecule has 0 aliphatic rings. The van der Waals surface area contributed by atoms with Gasteiger partial charge >= 0.3 is 0 Å². The van der Waals surface area contributed by atoms with E-state index in [1.807, 2.05) is 75.4 Å². The molecule has 22 heavy (non-hydrogen) atoms. The van der Waals surface area contributed by atoms with Crippen molar-refractivity contribution < 1.29 is 5.11 Å². The van der Waals surface area contributed by atoms with Crippen molar-refractivity contribution in [1.29, 1.82) is 0 Å². The van der Waals surface area contributed by atoms with E-state index in [2.05, 4.69) is 13.2 Å². The Balaban J connectivity index is 3.23. The lowest BCUT2D eigenvalue weighted by atomic mass is 9.97. The smallest absolute Gasteiger partial charge is 0.131 e. The minimum absolute atomic E-state index is 0.227. The van der Waals surface area contributed by atoms with Crippen LogP contribution in [0.5, 0.6) is 5.75 Å². The molecule has 1 aromatic rings. The van der Waals surface area contributed by atoms with Gasteiger partial charge in [0.2, 0.25) is 0 Å². The fraction of sp³-hybridized carbons (Fsp3) is 0.143. The van der Waals surface area contributed by atoms with Gasteiger partial charge in [-0.25, -0.2) is 0 Å². The van der Waals surface area contributed by atoms with E-state index in [9.17, 15) is 5.11 Å². The quantitative estimate of drug-likeness (QED) is 0.630. The van der Waals surface area contributed by atoms with Crippen LogP contribution in [-0.2, 0) is 0 Å². The topological polar surface area (TPSA) is 20.2 Å². The molecular formula is C21H24O. The van der Waals surface area contributed by atoms with Crippen molar-refractivity contribution in [2.75, 3.05) is 0 Å². The number of allylic oxidation sites excluding steroid dienone is 10. The van der Waals surface area contributed by atoms with Crippen LogP contribution in [-0.4, -0.2) is 5.11 Å². The van der Waals surface area contributed by atoms with Crippen molar-refractivity contribution in [2.45, 2.75) is 20.8 Å². The molecule has 0 aromatic heterocycles. The second-order valence-electron chi connectivity index (χ2n) is 5.18. The van der Waals surface area contributed by atoms with Gasteiger partial charge in [0.05, 0.1) is 0 Å². The second kappa shape index (κ2) is 8.68. The number of hydrogen-bond donors (Lipinski definition) is 1. The molecule has 0 amide bonds. The summed E-state index contributed by atoms with van der Waals surface area (Å²) in [5, 5.41) is 10.5. The average molecular weight is 292 g/mol. The Bertz CT molecular complexity index is 663. The Morgan fingerprint density at radius 3 is 2.36 bits per heavy atom. The Kier molecular flexibility index (Phi) is 6.91. The van der Waals surface area contributed by atoms with Gasteiger partial charge in [-0.05, 0) is 31.9 Å². The van der Waals surface area contributed by atoms with Crippen LogP contribution in [0.3, 0.4) is 0 Å². The third-order valence-electron chi connectivity index (χ3n) is 3.11. The fourth-order valence-corrected chi connectivity index (χ4v) is 1.95. The summed E-state index contributed by atoms with van der Waals surface area (Å²) in [4.78, 5) is 0. The lowest BCUT2D eigenvalue weighted by Crippen LogP contribution is -1.88. The molecule has 114 valence electrons. The van der Waals surface area contributed by atoms with Gasteiger partial charge in [0, 0.05) is 11.1 Å². The normalized spacial score (nSPS) is 11.9. The van der Waals surface area contributed by atoms with Gasteiger partial charge in [-0.1, -0.05) is 79.5 Å². The van der Waals surface area contributed by atoms with Gasteiger partial charge in [0.1, 0.15) is 5.75 Å². The van der Waals surface area contributed by atoms with Crippen molar-refractivity contribution in [1.82, 2.24) is 0 Å². The Hall–Kier alpha value is -2.54. The molecule has 0 heterocycles. The molecule has 0 atom stereocenters. The Labute approximate surface area is 134 Å². The summed E-state index contributed by atoms with van der Waals surface area (Å²) in [5.41, 5.74) is 4.33. The maximum atomic E-state index is 10.5. The highest BCUT2D eigenvalue weighted by Gasteiger charge is 2.10. The minimum Gasteiger partial charge on any atom is -0.507 e. The van der Waals surface area contributed by atoms with E-state index in [1.54, 1.807) is 6.08 Å². The Morgan fingerprint density at radius 1 is 1.09 bits per heavy atom. The summed E-state index contributed by atoms with van der Waals surface area (Å²) in [6, 6.07) is 5.66. The number of para-hydroxylation sites is 1. The van der Waals surface area contributed by atoms with Gasteiger partial charge in [-0.2, -0.15) is 0 Å². The minimum atomic E-state index is 0.227. The number of benzene rings is 1. The van der Waals surface area contributed by atoms with Crippen LogP contribution < -0.4 is 0 Å². The van der Waals surface area contributed by atoms with Crippen LogP contribution in [0, 0.1) is 0 Å². The average Bonchev–Trinajstić information content (AvgIpc) is 2.48. The predicted molar refractivity (Wildman–Crippen MR) is 98.7 cm³/mol. The van der Waals surface area contributed by atoms with Gasteiger partial charge < -0.3 is 5.11 Å². The summed E-state index contributed by atoms with van der Waals surface area (Å²) in [5.74, 6) is 0.227. The van der Waals surface area contributed by atoms with Crippen LogP contribution in [0.4, 0.5) is 0 Å². The molecule has 1 nitrogen and oxygen atoms in total. The van der Waals surface area contributed by atoms with E-state index in [0.29, 0.717) is 0 Å². The molecule has 0 radical (unpaired) electrons. The highest BCUT2D eigenvalue weighted by molar-refractivity contribution is 5.85. The van der Waals surface area contributed by atoms with Crippen LogP contribution in [0.1, 0.15) is 31.9 Å². The lowest BCUT2D eigenvalue weighted by Gasteiger charge is -2.10. The molecule has 1 N–H and O–H groups in total. The molecule has 0 spiro atoms. The van der Waals surface area contributed by atoms with Crippen molar-refractivity contribution >= 4 is 11.1 Å². The molecule has 1 heteroatoms. The van der Waals surface area contributed by atoms with Crippen molar-refractivity contribution in [3.8, 4) is 5.75 Å². The highest BCUT2D eigenvalue weighted by atomic mass is 16.3. The van der Waals surface area contributed by atoms with Crippen LogP contribution >= 0.6 is 0 Å². The zero-order chi connectivity index (χ0) is 16.5. The van der Waals surface area contributed by atoms with Gasteiger partial charge in [0.15, 0.2) is 0 Å². The molecule has 0 aliphatic heterocycles. The predicted octanol–water partition coefficient (Wildman–Crippen LogP) is 6.07. The molecular weight excluding hydrogens is 268 g/mol. The lowest BCUT2D eigenvalue weighted by molar-refractivity contribution is 0.472. The third kappa shape index (κ3) is 4.78. The Morgan fingerprint density at radius 2 is 1.77 bits per heavy atom. The first-order valence-electron chi connectivity index (χ1n) is 7.29. The molecule has 1 rings (SSSR count). The van der Waals surface area contributed by atoms with E-state index in [1.165, 1.54) is 5.57 Å². The molecule has 0 unspecified atom stereocenters. The third-order valence-corrected chi connectivity index (χ3v) is 3.11. The van der Waals surface area contributed by atoms with Crippen LogP contribution in [0.25, 0.3) is 11.1 Å². The van der Waals surface area contributed by atoms with E-state index in [4.69, 9.17) is 0 Å². The first kappa shape index (κ1) is 17.5. The largest absolute Gasteiger partial charge is 0.507 e.